The Bertz CT molecular complexity index is 391. The fourth-order valence-corrected chi connectivity index (χ4v) is 3.66. The summed E-state index contributed by atoms with van der Waals surface area (Å²) in [5.41, 5.74) is -0.581. The third-order valence-corrected chi connectivity index (χ3v) is 4.75. The maximum atomic E-state index is 13.0. The molecule has 1 fully saturated rings. The molecule has 1 aromatic heterocycles. The summed E-state index contributed by atoms with van der Waals surface area (Å²) >= 11 is 1.45. The summed E-state index contributed by atoms with van der Waals surface area (Å²) in [6, 6.07) is 0. The Morgan fingerprint density at radius 3 is 2.89 bits per heavy atom. The lowest BCUT2D eigenvalue weighted by molar-refractivity contribution is -0.189. The third-order valence-electron chi connectivity index (χ3n) is 3.77. The number of aromatic nitrogens is 1. The van der Waals surface area contributed by atoms with Gasteiger partial charge in [-0.05, 0) is 32.2 Å². The van der Waals surface area contributed by atoms with Gasteiger partial charge in [0.2, 0.25) is 0 Å². The first-order valence-corrected chi connectivity index (χ1v) is 7.57. The van der Waals surface area contributed by atoms with Gasteiger partial charge in [-0.1, -0.05) is 13.3 Å². The van der Waals surface area contributed by atoms with E-state index in [1.54, 1.807) is 6.20 Å². The highest BCUT2D eigenvalue weighted by Gasteiger charge is 2.49. The predicted molar refractivity (Wildman–Crippen MR) is 70.1 cm³/mol. The molecule has 0 bridgehead atoms. The van der Waals surface area contributed by atoms with E-state index < -0.39 is 17.6 Å². The van der Waals surface area contributed by atoms with Crippen molar-refractivity contribution in [2.24, 2.45) is 5.92 Å². The highest BCUT2D eigenvalue weighted by molar-refractivity contribution is 7.09. The topological polar surface area (TPSA) is 24.9 Å². The molecule has 0 spiro atoms. The van der Waals surface area contributed by atoms with Crippen molar-refractivity contribution in [3.63, 3.8) is 0 Å². The Balaban J connectivity index is 2.23. The predicted octanol–water partition coefficient (Wildman–Crippen LogP) is 4.09. The first kappa shape index (κ1) is 14.8. The van der Waals surface area contributed by atoms with Gasteiger partial charge in [0.15, 0.2) is 0 Å². The SMILES string of the molecule is CCCNC1(c2nccs2)CCCC(C(F)(F)F)C1. The number of halogens is 3. The molecule has 0 radical (unpaired) electrons. The Labute approximate surface area is 115 Å². The molecule has 0 amide bonds. The Kier molecular flexibility index (Phi) is 4.50. The molecule has 2 atom stereocenters. The minimum Gasteiger partial charge on any atom is -0.305 e. The highest BCUT2D eigenvalue weighted by Crippen LogP contribution is 2.46. The minimum atomic E-state index is -4.10. The van der Waals surface area contributed by atoms with E-state index in [9.17, 15) is 13.2 Å². The quantitative estimate of drug-likeness (QED) is 0.904. The van der Waals surface area contributed by atoms with Gasteiger partial charge >= 0.3 is 6.18 Å². The van der Waals surface area contributed by atoms with E-state index in [0.29, 0.717) is 6.42 Å². The van der Waals surface area contributed by atoms with Crippen LogP contribution in [0.5, 0.6) is 0 Å². The van der Waals surface area contributed by atoms with E-state index in [2.05, 4.69) is 10.3 Å². The van der Waals surface area contributed by atoms with Crippen molar-refractivity contribution in [1.29, 1.82) is 0 Å². The number of alkyl halides is 3. The zero-order valence-corrected chi connectivity index (χ0v) is 11.8. The number of hydrogen-bond donors (Lipinski definition) is 1. The molecule has 0 saturated heterocycles. The molecular formula is C13H19F3N2S. The summed E-state index contributed by atoms with van der Waals surface area (Å²) in [6.07, 6.45) is 0.176. The standard InChI is InChI=1S/C13H19F3N2S/c1-2-6-18-12(11-17-7-8-19-11)5-3-4-10(9-12)13(14,15)16/h7-8,10,18H,2-6,9H2,1H3. The number of hydrogen-bond acceptors (Lipinski definition) is 3. The van der Waals surface area contributed by atoms with Crippen LogP contribution in [0.2, 0.25) is 0 Å². The van der Waals surface area contributed by atoms with Crippen LogP contribution in [0.4, 0.5) is 13.2 Å². The van der Waals surface area contributed by atoms with E-state index in [0.717, 1.165) is 24.4 Å². The van der Waals surface area contributed by atoms with Gasteiger partial charge in [-0.2, -0.15) is 13.2 Å². The van der Waals surface area contributed by atoms with E-state index in [-0.39, 0.29) is 12.8 Å². The maximum absolute atomic E-state index is 13.0. The van der Waals surface area contributed by atoms with Gasteiger partial charge in [0.25, 0.3) is 0 Å². The molecule has 2 rings (SSSR count). The normalized spacial score (nSPS) is 28.5. The number of thiazole rings is 1. The maximum Gasteiger partial charge on any atom is 0.391 e. The largest absolute Gasteiger partial charge is 0.391 e. The molecule has 0 aromatic carbocycles. The van der Waals surface area contributed by atoms with Gasteiger partial charge < -0.3 is 5.32 Å². The van der Waals surface area contributed by atoms with Crippen molar-refractivity contribution in [1.82, 2.24) is 10.3 Å². The molecule has 108 valence electrons. The van der Waals surface area contributed by atoms with Crippen LogP contribution in [-0.2, 0) is 5.54 Å². The summed E-state index contributed by atoms with van der Waals surface area (Å²) < 4.78 is 39.0. The zero-order valence-electron chi connectivity index (χ0n) is 11.0. The fraction of sp³-hybridized carbons (Fsp3) is 0.769. The van der Waals surface area contributed by atoms with Crippen molar-refractivity contribution >= 4 is 11.3 Å². The molecule has 0 aliphatic heterocycles. The summed E-state index contributed by atoms with van der Waals surface area (Å²) in [5.74, 6) is -1.21. The summed E-state index contributed by atoms with van der Waals surface area (Å²) in [4.78, 5) is 4.27. The lowest BCUT2D eigenvalue weighted by Crippen LogP contribution is -2.48. The molecule has 1 aliphatic rings. The second-order valence-corrected chi connectivity index (χ2v) is 6.08. The Morgan fingerprint density at radius 1 is 1.53 bits per heavy atom. The molecule has 1 aromatic rings. The van der Waals surface area contributed by atoms with Crippen LogP contribution in [0, 0.1) is 5.92 Å². The minimum absolute atomic E-state index is 0.115. The van der Waals surface area contributed by atoms with Gasteiger partial charge in [0.05, 0.1) is 11.5 Å². The van der Waals surface area contributed by atoms with Crippen LogP contribution in [-0.4, -0.2) is 17.7 Å². The van der Waals surface area contributed by atoms with Crippen LogP contribution in [0.3, 0.4) is 0 Å². The fourth-order valence-electron chi connectivity index (χ4n) is 2.81. The van der Waals surface area contributed by atoms with Crippen molar-refractivity contribution in [3.8, 4) is 0 Å². The van der Waals surface area contributed by atoms with Crippen LogP contribution in [0.25, 0.3) is 0 Å². The molecule has 1 aliphatic carbocycles. The molecule has 2 unspecified atom stereocenters. The van der Waals surface area contributed by atoms with E-state index in [1.165, 1.54) is 11.3 Å². The second kappa shape index (κ2) is 5.79. The first-order valence-electron chi connectivity index (χ1n) is 6.69. The monoisotopic (exact) mass is 292 g/mol. The van der Waals surface area contributed by atoms with Gasteiger partial charge in [-0.25, -0.2) is 4.98 Å². The second-order valence-electron chi connectivity index (χ2n) is 5.18. The molecular weight excluding hydrogens is 273 g/mol. The average molecular weight is 292 g/mol. The van der Waals surface area contributed by atoms with Crippen molar-refractivity contribution < 1.29 is 13.2 Å². The van der Waals surface area contributed by atoms with Gasteiger partial charge in [0.1, 0.15) is 5.01 Å². The van der Waals surface area contributed by atoms with Crippen LogP contribution in [0.1, 0.15) is 44.0 Å². The van der Waals surface area contributed by atoms with Crippen molar-refractivity contribution in [2.45, 2.75) is 50.7 Å². The lowest BCUT2D eigenvalue weighted by Gasteiger charge is -2.41. The van der Waals surface area contributed by atoms with Gasteiger partial charge in [-0.3, -0.25) is 0 Å². The van der Waals surface area contributed by atoms with E-state index >= 15 is 0 Å². The molecule has 19 heavy (non-hydrogen) atoms. The van der Waals surface area contributed by atoms with Crippen LogP contribution in [0.15, 0.2) is 11.6 Å². The molecule has 2 nitrogen and oxygen atoms in total. The highest BCUT2D eigenvalue weighted by atomic mass is 32.1. The summed E-state index contributed by atoms with van der Waals surface area (Å²) in [6.45, 7) is 2.75. The van der Waals surface area contributed by atoms with Crippen LogP contribution < -0.4 is 5.32 Å². The van der Waals surface area contributed by atoms with Gasteiger partial charge in [0, 0.05) is 11.6 Å². The molecule has 1 N–H and O–H groups in total. The van der Waals surface area contributed by atoms with Crippen LogP contribution >= 0.6 is 11.3 Å². The first-order chi connectivity index (χ1) is 8.98. The van der Waals surface area contributed by atoms with E-state index in [4.69, 9.17) is 0 Å². The number of nitrogens with one attached hydrogen (secondary N) is 1. The molecule has 6 heteroatoms. The van der Waals surface area contributed by atoms with Crippen molar-refractivity contribution in [2.75, 3.05) is 6.54 Å². The van der Waals surface area contributed by atoms with Gasteiger partial charge in [-0.15, -0.1) is 11.3 Å². The molecule has 1 saturated carbocycles. The Morgan fingerprint density at radius 2 is 2.32 bits per heavy atom. The summed E-state index contributed by atoms with van der Waals surface area (Å²) in [7, 11) is 0. The smallest absolute Gasteiger partial charge is 0.305 e. The van der Waals surface area contributed by atoms with E-state index in [1.807, 2.05) is 12.3 Å². The molecule has 1 heterocycles. The zero-order chi connectivity index (χ0) is 13.9. The average Bonchev–Trinajstić information content (AvgIpc) is 2.90. The Hall–Kier alpha value is -0.620. The number of nitrogens with zero attached hydrogens (tertiary/aromatic N) is 1. The lowest BCUT2D eigenvalue weighted by atomic mass is 9.75. The third kappa shape index (κ3) is 3.28. The van der Waals surface area contributed by atoms with Crippen molar-refractivity contribution in [3.05, 3.63) is 16.6 Å². The summed E-state index contributed by atoms with van der Waals surface area (Å²) in [5, 5.41) is 5.97. The number of rotatable bonds is 4.